The van der Waals surface area contributed by atoms with Crippen molar-refractivity contribution in [3.05, 3.63) is 34.9 Å². The Labute approximate surface area is 170 Å². The van der Waals surface area contributed by atoms with E-state index in [-0.39, 0.29) is 23.8 Å². The predicted molar refractivity (Wildman–Crippen MR) is 112 cm³/mol. The van der Waals surface area contributed by atoms with E-state index in [4.69, 9.17) is 9.47 Å². The summed E-state index contributed by atoms with van der Waals surface area (Å²) < 4.78 is 11.9. The molecule has 2 rings (SSSR count). The van der Waals surface area contributed by atoms with E-state index < -0.39 is 17.6 Å². The van der Waals surface area contributed by atoms with Crippen molar-refractivity contribution in [1.29, 1.82) is 0 Å². The average Bonchev–Trinajstić information content (AvgIpc) is 3.21. The highest BCUT2D eigenvalue weighted by Crippen LogP contribution is 2.49. The minimum Gasteiger partial charge on any atom is -0.457 e. The van der Waals surface area contributed by atoms with E-state index in [2.05, 4.69) is 39.8 Å². The highest BCUT2D eigenvalue weighted by molar-refractivity contribution is 5.82. The molecule has 0 aromatic heterocycles. The van der Waals surface area contributed by atoms with Crippen LogP contribution in [0.5, 0.6) is 0 Å². The standard InChI is InChI=1S/C24H36O4/c1-15(2)20-13-11-16(3)9-8-10-17(4)12-14-21-24(7,28-21)22(18(5)25)23(20)27-19(6)26/h10-11,13,15,21-23H,8-9,12,14H2,1-7H3/b16-11+,17-10+,20-13-/t21-,22-,23-,24-/m0/s1. The zero-order valence-corrected chi connectivity index (χ0v) is 18.5. The van der Waals surface area contributed by atoms with Gasteiger partial charge in [0.05, 0.1) is 12.0 Å². The van der Waals surface area contributed by atoms with E-state index in [0.29, 0.717) is 0 Å². The second-order valence-electron chi connectivity index (χ2n) is 8.87. The molecule has 0 amide bonds. The first-order chi connectivity index (χ1) is 13.1. The Morgan fingerprint density at radius 3 is 2.39 bits per heavy atom. The third-order valence-corrected chi connectivity index (χ3v) is 6.02. The number of rotatable bonds is 3. The van der Waals surface area contributed by atoms with Gasteiger partial charge >= 0.3 is 5.97 Å². The van der Waals surface area contributed by atoms with Gasteiger partial charge in [0, 0.05) is 6.92 Å². The normalized spacial score (nSPS) is 37.3. The van der Waals surface area contributed by atoms with Gasteiger partial charge in [-0.2, -0.15) is 0 Å². The smallest absolute Gasteiger partial charge is 0.303 e. The highest BCUT2D eigenvalue weighted by Gasteiger charge is 2.61. The van der Waals surface area contributed by atoms with Gasteiger partial charge in [0.1, 0.15) is 17.5 Å². The molecule has 1 fully saturated rings. The van der Waals surface area contributed by atoms with Crippen LogP contribution < -0.4 is 0 Å². The van der Waals surface area contributed by atoms with Crippen LogP contribution in [0.2, 0.25) is 0 Å². The third kappa shape index (κ3) is 5.44. The molecule has 4 atom stereocenters. The SMILES string of the molecule is CC(=O)O[C@H]1/C(C(C)C)=C\C=C(/C)CC/C=C(\C)CC[C@@H]2O[C@]2(C)[C@H]1C(C)=O. The number of hydrogen-bond donors (Lipinski definition) is 0. The predicted octanol–water partition coefficient (Wildman–Crippen LogP) is 5.33. The minimum absolute atomic E-state index is 0.00265. The van der Waals surface area contributed by atoms with Crippen LogP contribution in [0.25, 0.3) is 0 Å². The Balaban J connectivity index is 2.54. The van der Waals surface area contributed by atoms with E-state index in [9.17, 15) is 9.59 Å². The van der Waals surface area contributed by atoms with Gasteiger partial charge in [-0.05, 0) is 64.9 Å². The molecule has 28 heavy (non-hydrogen) atoms. The molecule has 0 spiro atoms. The number of carbonyl (C=O) groups is 2. The van der Waals surface area contributed by atoms with Crippen LogP contribution in [0.1, 0.15) is 74.1 Å². The van der Waals surface area contributed by atoms with Crippen molar-refractivity contribution in [3.63, 3.8) is 0 Å². The van der Waals surface area contributed by atoms with Crippen LogP contribution in [0.3, 0.4) is 0 Å². The maximum absolute atomic E-state index is 12.7. The zero-order valence-electron chi connectivity index (χ0n) is 18.5. The van der Waals surface area contributed by atoms with Crippen molar-refractivity contribution in [2.45, 2.75) is 92.0 Å². The Hall–Kier alpha value is -1.68. The van der Waals surface area contributed by atoms with Gasteiger partial charge in [0.25, 0.3) is 0 Å². The summed E-state index contributed by atoms with van der Waals surface area (Å²) >= 11 is 0. The Morgan fingerprint density at radius 2 is 1.82 bits per heavy atom. The van der Waals surface area contributed by atoms with Gasteiger partial charge in [0.2, 0.25) is 0 Å². The molecule has 4 nitrogen and oxygen atoms in total. The molecule has 1 heterocycles. The molecule has 1 aliphatic heterocycles. The van der Waals surface area contributed by atoms with Crippen molar-refractivity contribution < 1.29 is 19.1 Å². The Kier molecular flexibility index (Phi) is 7.44. The van der Waals surface area contributed by atoms with Gasteiger partial charge in [0.15, 0.2) is 0 Å². The molecule has 2 aliphatic rings. The molecule has 4 heteroatoms. The molecule has 0 radical (unpaired) electrons. The van der Waals surface area contributed by atoms with E-state index in [1.54, 1.807) is 6.92 Å². The average molecular weight is 389 g/mol. The molecule has 156 valence electrons. The second kappa shape index (κ2) is 9.21. The van der Waals surface area contributed by atoms with Crippen LogP contribution in [0.4, 0.5) is 0 Å². The number of carbonyl (C=O) groups excluding carboxylic acids is 2. The maximum Gasteiger partial charge on any atom is 0.303 e. The number of esters is 1. The maximum atomic E-state index is 12.7. The fourth-order valence-electron chi connectivity index (χ4n) is 4.26. The van der Waals surface area contributed by atoms with Crippen LogP contribution in [0, 0.1) is 11.8 Å². The fourth-order valence-corrected chi connectivity index (χ4v) is 4.26. The molecule has 0 aromatic carbocycles. The largest absolute Gasteiger partial charge is 0.457 e. The molecular formula is C24H36O4. The molecular weight excluding hydrogens is 352 g/mol. The number of Topliss-reactive ketones (excluding diaryl/α,β-unsaturated/α-hetero) is 1. The fraction of sp³-hybridized carbons (Fsp3) is 0.667. The Morgan fingerprint density at radius 1 is 1.14 bits per heavy atom. The highest BCUT2D eigenvalue weighted by atomic mass is 16.6. The monoisotopic (exact) mass is 388 g/mol. The molecule has 1 saturated heterocycles. The van der Waals surface area contributed by atoms with Crippen LogP contribution in [0.15, 0.2) is 34.9 Å². The molecule has 0 saturated carbocycles. The van der Waals surface area contributed by atoms with E-state index in [0.717, 1.165) is 31.3 Å². The lowest BCUT2D eigenvalue weighted by Gasteiger charge is -2.32. The lowest BCUT2D eigenvalue weighted by Crippen LogP contribution is -2.43. The summed E-state index contributed by atoms with van der Waals surface area (Å²) in [4.78, 5) is 24.7. The summed E-state index contributed by atoms with van der Waals surface area (Å²) in [5, 5.41) is 0. The summed E-state index contributed by atoms with van der Waals surface area (Å²) in [6, 6.07) is 0. The van der Waals surface area contributed by atoms with Gasteiger partial charge in [-0.15, -0.1) is 0 Å². The summed E-state index contributed by atoms with van der Waals surface area (Å²) in [7, 11) is 0. The summed E-state index contributed by atoms with van der Waals surface area (Å²) in [5.74, 6) is -0.728. The zero-order chi connectivity index (χ0) is 21.1. The van der Waals surface area contributed by atoms with Crippen LogP contribution in [-0.2, 0) is 19.1 Å². The number of allylic oxidation sites excluding steroid dienone is 5. The number of epoxide rings is 1. The van der Waals surface area contributed by atoms with E-state index in [1.807, 2.05) is 13.0 Å². The van der Waals surface area contributed by atoms with Crippen molar-refractivity contribution in [2.24, 2.45) is 11.8 Å². The molecule has 0 unspecified atom stereocenters. The lowest BCUT2D eigenvalue weighted by atomic mass is 9.77. The van der Waals surface area contributed by atoms with Gasteiger partial charge in [-0.25, -0.2) is 0 Å². The molecule has 0 bridgehead atoms. The molecule has 0 aromatic rings. The van der Waals surface area contributed by atoms with Gasteiger partial charge < -0.3 is 9.47 Å². The first-order valence-corrected chi connectivity index (χ1v) is 10.4. The second-order valence-corrected chi connectivity index (χ2v) is 8.87. The minimum atomic E-state index is -0.603. The van der Waals surface area contributed by atoms with Crippen LogP contribution in [-0.4, -0.2) is 29.6 Å². The summed E-state index contributed by atoms with van der Waals surface area (Å²) in [5.41, 5.74) is 3.00. The number of ketones is 1. The first-order valence-electron chi connectivity index (χ1n) is 10.4. The van der Waals surface area contributed by atoms with Gasteiger partial charge in [-0.1, -0.05) is 43.2 Å². The topological polar surface area (TPSA) is 55.9 Å². The Bertz CT molecular complexity index is 697. The van der Waals surface area contributed by atoms with Crippen molar-refractivity contribution >= 4 is 11.8 Å². The van der Waals surface area contributed by atoms with Crippen molar-refractivity contribution in [1.82, 2.24) is 0 Å². The van der Waals surface area contributed by atoms with Gasteiger partial charge in [-0.3, -0.25) is 9.59 Å². The third-order valence-electron chi connectivity index (χ3n) is 6.02. The molecule has 1 aliphatic carbocycles. The lowest BCUT2D eigenvalue weighted by molar-refractivity contribution is -0.150. The number of ether oxygens (including phenoxy) is 2. The first kappa shape index (κ1) is 22.6. The quantitative estimate of drug-likeness (QED) is 0.372. The van der Waals surface area contributed by atoms with E-state index in [1.165, 1.54) is 18.1 Å². The van der Waals surface area contributed by atoms with Crippen molar-refractivity contribution in [2.75, 3.05) is 0 Å². The number of hydrogen-bond acceptors (Lipinski definition) is 4. The van der Waals surface area contributed by atoms with Crippen molar-refractivity contribution in [3.8, 4) is 0 Å². The van der Waals surface area contributed by atoms with E-state index >= 15 is 0 Å². The van der Waals surface area contributed by atoms with Crippen LogP contribution >= 0.6 is 0 Å². The summed E-state index contributed by atoms with van der Waals surface area (Å²) in [6.45, 7) is 13.4. The molecule has 0 N–H and O–H groups in total. The summed E-state index contributed by atoms with van der Waals surface area (Å²) in [6.07, 6.45) is 9.71. The number of fused-ring (bicyclic) bond motifs is 1.